The topological polar surface area (TPSA) is 79.5 Å². The highest BCUT2D eigenvalue weighted by molar-refractivity contribution is 9.10. The summed E-state index contributed by atoms with van der Waals surface area (Å²) in [4.78, 5) is 16.2. The number of aliphatic hydroxyl groups excluding tert-OH is 1. The number of nitrogens with zero attached hydrogens (tertiary/aromatic N) is 3. The van der Waals surface area contributed by atoms with E-state index >= 15 is 0 Å². The van der Waals surface area contributed by atoms with Gasteiger partial charge in [0, 0.05) is 29.8 Å². The molecule has 1 fully saturated rings. The monoisotopic (exact) mass is 287 g/mol. The Kier molecular flexibility index (Phi) is 3.06. The molecule has 0 spiro atoms. The smallest absolute Gasteiger partial charge is 0.312 e. The molecule has 1 aliphatic rings. The first kappa shape index (κ1) is 11.3. The maximum absolute atomic E-state index is 10.9. The maximum Gasteiger partial charge on any atom is 0.312 e. The summed E-state index contributed by atoms with van der Waals surface area (Å²) in [6.45, 7) is 0.992. The minimum absolute atomic E-state index is 0.0384. The molecule has 1 atom stereocenters. The molecule has 86 valence electrons. The molecule has 1 aromatic rings. The Morgan fingerprint density at radius 1 is 1.69 bits per heavy atom. The first-order valence-corrected chi connectivity index (χ1v) is 5.60. The summed E-state index contributed by atoms with van der Waals surface area (Å²) >= 11 is 3.15. The summed E-state index contributed by atoms with van der Waals surface area (Å²) in [5.41, 5.74) is -0.0384. The van der Waals surface area contributed by atoms with Crippen LogP contribution < -0.4 is 4.90 Å². The van der Waals surface area contributed by atoms with E-state index in [1.165, 1.54) is 12.3 Å². The molecule has 1 aliphatic heterocycles. The van der Waals surface area contributed by atoms with Crippen LogP contribution in [0.15, 0.2) is 16.7 Å². The average Bonchev–Trinajstić information content (AvgIpc) is 2.64. The van der Waals surface area contributed by atoms with Crippen LogP contribution in [0.4, 0.5) is 11.5 Å². The molecule has 16 heavy (non-hydrogen) atoms. The zero-order valence-electron chi connectivity index (χ0n) is 8.34. The van der Waals surface area contributed by atoms with Crippen LogP contribution in [0.1, 0.15) is 6.42 Å². The molecule has 0 aliphatic carbocycles. The van der Waals surface area contributed by atoms with Gasteiger partial charge in [0.1, 0.15) is 0 Å². The van der Waals surface area contributed by atoms with Gasteiger partial charge in [0.2, 0.25) is 5.82 Å². The Labute approximate surface area is 100 Å². The number of hydrogen-bond donors (Lipinski definition) is 1. The molecular weight excluding hydrogens is 278 g/mol. The van der Waals surface area contributed by atoms with E-state index in [2.05, 4.69) is 20.9 Å². The van der Waals surface area contributed by atoms with Crippen LogP contribution in [0.3, 0.4) is 0 Å². The molecule has 0 saturated carbocycles. The van der Waals surface area contributed by atoms with E-state index in [4.69, 9.17) is 0 Å². The van der Waals surface area contributed by atoms with Crippen LogP contribution in [0.2, 0.25) is 0 Å². The van der Waals surface area contributed by atoms with Gasteiger partial charge in [-0.3, -0.25) is 10.1 Å². The van der Waals surface area contributed by atoms with E-state index in [-0.39, 0.29) is 5.69 Å². The van der Waals surface area contributed by atoms with E-state index in [1.807, 2.05) is 0 Å². The van der Waals surface area contributed by atoms with E-state index in [9.17, 15) is 15.2 Å². The summed E-state index contributed by atoms with van der Waals surface area (Å²) in [6.07, 6.45) is 1.71. The summed E-state index contributed by atoms with van der Waals surface area (Å²) in [5.74, 6) is 0.324. The summed E-state index contributed by atoms with van der Waals surface area (Å²) in [6, 6.07) is 1.42. The normalized spacial score (nSPS) is 20.1. The zero-order chi connectivity index (χ0) is 11.7. The molecule has 1 aromatic heterocycles. The third-order valence-corrected chi connectivity index (χ3v) is 2.91. The summed E-state index contributed by atoms with van der Waals surface area (Å²) in [5, 5.41) is 20.3. The van der Waals surface area contributed by atoms with Crippen molar-refractivity contribution in [2.75, 3.05) is 18.0 Å². The Morgan fingerprint density at radius 3 is 3.00 bits per heavy atom. The van der Waals surface area contributed by atoms with Gasteiger partial charge in [0.15, 0.2) is 0 Å². The number of aromatic nitrogens is 1. The molecule has 7 heteroatoms. The predicted octanol–water partition coefficient (Wildman–Crippen LogP) is 1.32. The Morgan fingerprint density at radius 2 is 2.44 bits per heavy atom. The van der Waals surface area contributed by atoms with E-state index in [1.54, 1.807) is 4.90 Å². The highest BCUT2D eigenvalue weighted by atomic mass is 79.9. The maximum atomic E-state index is 10.9. The highest BCUT2D eigenvalue weighted by Crippen LogP contribution is 2.30. The molecule has 0 bridgehead atoms. The van der Waals surface area contributed by atoms with Gasteiger partial charge in [-0.15, -0.1) is 0 Å². The molecule has 1 N–H and O–H groups in total. The molecule has 2 heterocycles. The number of β-amino-alcohol motifs (C(OH)–C–C–N with tert-alkyl or cyclic N) is 1. The Hall–Kier alpha value is -1.21. The van der Waals surface area contributed by atoms with Crippen molar-refractivity contribution < 1.29 is 10.0 Å². The van der Waals surface area contributed by atoms with Crippen LogP contribution in [0.5, 0.6) is 0 Å². The van der Waals surface area contributed by atoms with Crippen molar-refractivity contribution in [2.24, 2.45) is 0 Å². The van der Waals surface area contributed by atoms with Crippen molar-refractivity contribution in [3.8, 4) is 0 Å². The fraction of sp³-hybridized carbons (Fsp3) is 0.444. The van der Waals surface area contributed by atoms with Crippen LogP contribution >= 0.6 is 15.9 Å². The minimum atomic E-state index is -0.461. The lowest BCUT2D eigenvalue weighted by atomic mass is 10.3. The van der Waals surface area contributed by atoms with Crippen molar-refractivity contribution in [3.63, 3.8) is 0 Å². The first-order chi connectivity index (χ1) is 7.58. The fourth-order valence-corrected chi connectivity index (χ4v) is 2.05. The third kappa shape index (κ3) is 2.14. The second kappa shape index (κ2) is 4.34. The Balaban J connectivity index is 2.36. The number of rotatable bonds is 2. The second-order valence-corrected chi connectivity index (χ2v) is 4.56. The van der Waals surface area contributed by atoms with Gasteiger partial charge in [0.05, 0.1) is 11.0 Å². The number of anilines is 1. The molecular formula is C9H10BrN3O3. The van der Waals surface area contributed by atoms with Crippen LogP contribution in [0, 0.1) is 10.1 Å². The summed E-state index contributed by atoms with van der Waals surface area (Å²) in [7, 11) is 0. The lowest BCUT2D eigenvalue weighted by molar-refractivity contribution is -0.384. The first-order valence-electron chi connectivity index (χ1n) is 4.81. The quantitative estimate of drug-likeness (QED) is 0.656. The van der Waals surface area contributed by atoms with Gasteiger partial charge in [-0.1, -0.05) is 0 Å². The zero-order valence-corrected chi connectivity index (χ0v) is 9.92. The van der Waals surface area contributed by atoms with Gasteiger partial charge >= 0.3 is 5.69 Å². The van der Waals surface area contributed by atoms with Gasteiger partial charge in [-0.05, 0) is 22.4 Å². The fourth-order valence-electron chi connectivity index (χ4n) is 1.73. The number of halogens is 1. The molecule has 2 rings (SSSR count). The van der Waals surface area contributed by atoms with E-state index in [0.717, 1.165) is 0 Å². The largest absolute Gasteiger partial charge is 0.391 e. The lowest BCUT2D eigenvalue weighted by Gasteiger charge is -2.16. The molecule has 0 aromatic carbocycles. The number of hydrogen-bond acceptors (Lipinski definition) is 5. The van der Waals surface area contributed by atoms with E-state index in [0.29, 0.717) is 29.8 Å². The Bertz CT molecular complexity index is 426. The second-order valence-electron chi connectivity index (χ2n) is 3.64. The number of nitro groups is 1. The molecule has 0 amide bonds. The molecule has 6 nitrogen and oxygen atoms in total. The number of pyridine rings is 1. The molecule has 0 unspecified atom stereocenters. The van der Waals surface area contributed by atoms with Crippen molar-refractivity contribution in [1.82, 2.24) is 4.98 Å². The molecule has 1 saturated heterocycles. The predicted molar refractivity (Wildman–Crippen MR) is 61.4 cm³/mol. The van der Waals surface area contributed by atoms with E-state index < -0.39 is 11.0 Å². The van der Waals surface area contributed by atoms with Crippen LogP contribution in [-0.4, -0.2) is 34.2 Å². The average molecular weight is 288 g/mol. The molecule has 0 radical (unpaired) electrons. The standard InChI is InChI=1S/C9H10BrN3O3/c10-6-3-8(13(15)16)9(11-4-6)12-2-1-7(14)5-12/h3-4,7,14H,1-2,5H2/t7-/m0/s1. The van der Waals surface area contributed by atoms with Crippen molar-refractivity contribution >= 4 is 27.4 Å². The van der Waals surface area contributed by atoms with Crippen LogP contribution in [-0.2, 0) is 0 Å². The van der Waals surface area contributed by atoms with Crippen molar-refractivity contribution in [2.45, 2.75) is 12.5 Å². The number of aliphatic hydroxyl groups is 1. The van der Waals surface area contributed by atoms with Gasteiger partial charge in [0.25, 0.3) is 0 Å². The highest BCUT2D eigenvalue weighted by Gasteiger charge is 2.27. The minimum Gasteiger partial charge on any atom is -0.391 e. The van der Waals surface area contributed by atoms with Crippen molar-refractivity contribution in [1.29, 1.82) is 0 Å². The lowest BCUT2D eigenvalue weighted by Crippen LogP contribution is -2.23. The SMILES string of the molecule is O=[N+]([O-])c1cc(Br)cnc1N1CC[C@H](O)C1. The van der Waals surface area contributed by atoms with Crippen molar-refractivity contribution in [3.05, 3.63) is 26.9 Å². The van der Waals surface area contributed by atoms with Crippen LogP contribution in [0.25, 0.3) is 0 Å². The van der Waals surface area contributed by atoms with Gasteiger partial charge in [-0.2, -0.15) is 0 Å². The van der Waals surface area contributed by atoms with Gasteiger partial charge in [-0.25, -0.2) is 4.98 Å². The van der Waals surface area contributed by atoms with Gasteiger partial charge < -0.3 is 10.0 Å². The third-order valence-electron chi connectivity index (χ3n) is 2.47. The summed E-state index contributed by atoms with van der Waals surface area (Å²) < 4.78 is 0.572.